The fourth-order valence-electron chi connectivity index (χ4n) is 1.68. The summed E-state index contributed by atoms with van der Waals surface area (Å²) in [5, 5.41) is 4.97. The third-order valence-electron chi connectivity index (χ3n) is 2.80. The summed E-state index contributed by atoms with van der Waals surface area (Å²) in [5.74, 6) is 0.538. The van der Waals surface area contributed by atoms with E-state index in [9.17, 15) is 16.8 Å². The van der Waals surface area contributed by atoms with Crippen molar-refractivity contribution in [2.75, 3.05) is 11.8 Å². The predicted molar refractivity (Wildman–Crippen MR) is 81.6 cm³/mol. The summed E-state index contributed by atoms with van der Waals surface area (Å²) in [5.41, 5.74) is 0.225. The van der Waals surface area contributed by atoms with Gasteiger partial charge in [-0.05, 0) is 48.5 Å². The predicted octanol–water partition coefficient (Wildman–Crippen LogP) is 1.14. The first-order valence-electron chi connectivity index (χ1n) is 6.02. The van der Waals surface area contributed by atoms with Crippen LogP contribution in [0.5, 0.6) is 5.75 Å². The van der Waals surface area contributed by atoms with Gasteiger partial charge in [-0.3, -0.25) is 4.72 Å². The molecule has 0 radical (unpaired) electrons. The van der Waals surface area contributed by atoms with Gasteiger partial charge in [0.25, 0.3) is 10.0 Å². The molecule has 0 aliphatic carbocycles. The van der Waals surface area contributed by atoms with Gasteiger partial charge >= 0.3 is 0 Å². The average Bonchev–Trinajstić information content (AvgIpc) is 2.46. The Bertz CT molecular complexity index is 858. The lowest BCUT2D eigenvalue weighted by Gasteiger charge is -2.09. The number of nitrogens with one attached hydrogen (secondary N) is 1. The van der Waals surface area contributed by atoms with Gasteiger partial charge < -0.3 is 4.74 Å². The summed E-state index contributed by atoms with van der Waals surface area (Å²) in [7, 11) is -6.11. The maximum atomic E-state index is 12.2. The average molecular weight is 342 g/mol. The van der Waals surface area contributed by atoms with Crippen molar-refractivity contribution in [2.24, 2.45) is 5.14 Å². The van der Waals surface area contributed by atoms with Crippen LogP contribution in [0.4, 0.5) is 5.69 Å². The van der Waals surface area contributed by atoms with Gasteiger partial charge in [-0.1, -0.05) is 0 Å². The number of sulfonamides is 2. The lowest BCUT2D eigenvalue weighted by Crippen LogP contribution is -2.14. The quantitative estimate of drug-likeness (QED) is 0.845. The zero-order valence-corrected chi connectivity index (χ0v) is 13.2. The highest BCUT2D eigenvalue weighted by Crippen LogP contribution is 2.20. The van der Waals surface area contributed by atoms with Crippen molar-refractivity contribution in [3.8, 4) is 5.75 Å². The number of hydrogen-bond donors (Lipinski definition) is 2. The van der Waals surface area contributed by atoms with Crippen LogP contribution >= 0.6 is 0 Å². The standard InChI is InChI=1S/C13H14N2O5S2/c1-20-11-4-8-13(9-5-11)22(18,19)15-10-2-6-12(7-3-10)21(14,16)17/h2-9,15H,1H3,(H2,14,16,17). The van der Waals surface area contributed by atoms with Crippen molar-refractivity contribution in [1.82, 2.24) is 0 Å². The molecule has 3 N–H and O–H groups in total. The van der Waals surface area contributed by atoms with Crippen LogP contribution in [-0.4, -0.2) is 23.9 Å². The van der Waals surface area contributed by atoms with Crippen molar-refractivity contribution in [3.63, 3.8) is 0 Å². The highest BCUT2D eigenvalue weighted by atomic mass is 32.2. The maximum Gasteiger partial charge on any atom is 0.261 e. The summed E-state index contributed by atoms with van der Waals surface area (Å²) in [6, 6.07) is 10.9. The molecule has 0 heterocycles. The third-order valence-corrected chi connectivity index (χ3v) is 5.13. The Kier molecular flexibility index (Phi) is 4.40. The molecule has 0 fully saturated rings. The molecule has 2 aromatic rings. The number of rotatable bonds is 5. The van der Waals surface area contributed by atoms with Gasteiger partial charge in [-0.2, -0.15) is 0 Å². The van der Waals surface area contributed by atoms with Gasteiger partial charge in [0.1, 0.15) is 5.75 Å². The van der Waals surface area contributed by atoms with Crippen molar-refractivity contribution in [2.45, 2.75) is 9.79 Å². The summed E-state index contributed by atoms with van der Waals surface area (Å²) in [4.78, 5) is -0.0382. The normalized spacial score (nSPS) is 11.9. The molecule has 0 spiro atoms. The molecule has 0 aliphatic rings. The lowest BCUT2D eigenvalue weighted by atomic mass is 10.3. The number of nitrogens with two attached hydrogens (primary N) is 1. The van der Waals surface area contributed by atoms with Crippen LogP contribution < -0.4 is 14.6 Å². The minimum absolute atomic E-state index is 0.0591. The van der Waals surface area contributed by atoms with Gasteiger partial charge in [0.05, 0.1) is 16.9 Å². The van der Waals surface area contributed by atoms with Crippen LogP contribution in [0.25, 0.3) is 0 Å². The number of primary sulfonamides is 1. The van der Waals surface area contributed by atoms with Gasteiger partial charge in [-0.15, -0.1) is 0 Å². The van der Waals surface area contributed by atoms with Gasteiger partial charge in [0, 0.05) is 5.69 Å². The zero-order chi connectivity index (χ0) is 16.4. The van der Waals surface area contributed by atoms with Crippen molar-refractivity contribution in [1.29, 1.82) is 0 Å². The molecule has 0 amide bonds. The highest BCUT2D eigenvalue weighted by Gasteiger charge is 2.15. The second kappa shape index (κ2) is 5.95. The summed E-state index contributed by atoms with van der Waals surface area (Å²) < 4.78 is 54.0. The van der Waals surface area contributed by atoms with Gasteiger partial charge in [-0.25, -0.2) is 22.0 Å². The van der Waals surface area contributed by atoms with E-state index >= 15 is 0 Å². The van der Waals surface area contributed by atoms with Crippen LogP contribution in [0.15, 0.2) is 58.3 Å². The summed E-state index contributed by atoms with van der Waals surface area (Å²) >= 11 is 0. The zero-order valence-electron chi connectivity index (χ0n) is 11.6. The Morgan fingerprint density at radius 3 is 1.82 bits per heavy atom. The van der Waals surface area contributed by atoms with Crippen molar-refractivity contribution < 1.29 is 21.6 Å². The highest BCUT2D eigenvalue weighted by molar-refractivity contribution is 7.92. The Morgan fingerprint density at radius 2 is 1.36 bits per heavy atom. The van der Waals surface area contributed by atoms with Gasteiger partial charge in [0.15, 0.2) is 0 Å². The molecule has 0 aromatic heterocycles. The minimum atomic E-state index is -3.81. The Morgan fingerprint density at radius 1 is 0.864 bits per heavy atom. The Labute approximate surface area is 128 Å². The monoisotopic (exact) mass is 342 g/mol. The Balaban J connectivity index is 2.24. The molecule has 2 aromatic carbocycles. The van der Waals surface area contributed by atoms with E-state index in [0.29, 0.717) is 5.75 Å². The molecular formula is C13H14N2O5S2. The summed E-state index contributed by atoms with van der Waals surface area (Å²) in [6.45, 7) is 0. The second-order valence-corrected chi connectivity index (χ2v) is 7.59. The minimum Gasteiger partial charge on any atom is -0.497 e. The first-order valence-corrected chi connectivity index (χ1v) is 9.05. The number of ether oxygens (including phenoxy) is 1. The molecule has 118 valence electrons. The molecule has 0 atom stereocenters. The Hall–Kier alpha value is -2.10. The van der Waals surface area contributed by atoms with E-state index in [1.807, 2.05) is 0 Å². The van der Waals surface area contributed by atoms with E-state index in [0.717, 1.165) is 0 Å². The SMILES string of the molecule is COc1ccc(S(=O)(=O)Nc2ccc(S(N)(=O)=O)cc2)cc1. The van der Waals surface area contributed by atoms with Crippen LogP contribution in [0.3, 0.4) is 0 Å². The maximum absolute atomic E-state index is 12.2. The molecule has 0 unspecified atom stereocenters. The number of anilines is 1. The topological polar surface area (TPSA) is 116 Å². The summed E-state index contributed by atoms with van der Waals surface area (Å²) in [6.07, 6.45) is 0. The van der Waals surface area contributed by atoms with E-state index < -0.39 is 20.0 Å². The van der Waals surface area contributed by atoms with E-state index in [4.69, 9.17) is 9.88 Å². The first-order chi connectivity index (χ1) is 10.2. The fraction of sp³-hybridized carbons (Fsp3) is 0.0769. The van der Waals surface area contributed by atoms with Crippen molar-refractivity contribution >= 4 is 25.7 Å². The largest absolute Gasteiger partial charge is 0.497 e. The lowest BCUT2D eigenvalue weighted by molar-refractivity contribution is 0.414. The molecular weight excluding hydrogens is 328 g/mol. The molecule has 9 heteroatoms. The molecule has 2 rings (SSSR count). The van der Waals surface area contributed by atoms with Crippen LogP contribution in [-0.2, 0) is 20.0 Å². The van der Waals surface area contributed by atoms with E-state index in [1.165, 1.54) is 55.6 Å². The van der Waals surface area contributed by atoms with Gasteiger partial charge in [0.2, 0.25) is 10.0 Å². The molecule has 0 saturated carbocycles. The smallest absolute Gasteiger partial charge is 0.261 e. The third kappa shape index (κ3) is 3.75. The van der Waals surface area contributed by atoms with Crippen molar-refractivity contribution in [3.05, 3.63) is 48.5 Å². The number of benzene rings is 2. The van der Waals surface area contributed by atoms with Crippen LogP contribution in [0, 0.1) is 0 Å². The van der Waals surface area contributed by atoms with E-state index in [2.05, 4.69) is 4.72 Å². The van der Waals surface area contributed by atoms with E-state index in [-0.39, 0.29) is 15.5 Å². The van der Waals surface area contributed by atoms with Crippen LogP contribution in [0.1, 0.15) is 0 Å². The first kappa shape index (κ1) is 16.3. The number of hydrogen-bond acceptors (Lipinski definition) is 5. The molecule has 22 heavy (non-hydrogen) atoms. The second-order valence-electron chi connectivity index (χ2n) is 4.35. The molecule has 7 nitrogen and oxygen atoms in total. The van der Waals surface area contributed by atoms with Crippen LogP contribution in [0.2, 0.25) is 0 Å². The molecule has 0 bridgehead atoms. The number of methoxy groups -OCH3 is 1. The molecule has 0 aliphatic heterocycles. The fourth-order valence-corrected chi connectivity index (χ4v) is 3.26. The molecule has 0 saturated heterocycles. The van der Waals surface area contributed by atoms with E-state index in [1.54, 1.807) is 0 Å².